The van der Waals surface area contributed by atoms with Crippen LogP contribution in [0.15, 0.2) is 12.2 Å². The summed E-state index contributed by atoms with van der Waals surface area (Å²) in [5.74, 6) is -0.774. The highest BCUT2D eigenvalue weighted by Crippen LogP contribution is 2.43. The van der Waals surface area contributed by atoms with Gasteiger partial charge in [0.05, 0.1) is 27.7 Å². The molecule has 0 aromatic heterocycles. The molecule has 0 aliphatic heterocycles. The summed E-state index contributed by atoms with van der Waals surface area (Å²) in [4.78, 5) is 35.7. The van der Waals surface area contributed by atoms with E-state index in [0.29, 0.717) is 17.4 Å². The maximum absolute atomic E-state index is 12.8. The van der Waals surface area contributed by atoms with Gasteiger partial charge in [-0.2, -0.15) is 0 Å². The Morgan fingerprint density at radius 1 is 0.385 bits per heavy atom. The average molecular weight is 1130 g/mol. The van der Waals surface area contributed by atoms with Gasteiger partial charge in [-0.05, 0) is 38.5 Å². The van der Waals surface area contributed by atoms with Gasteiger partial charge < -0.3 is 18.9 Å². The smallest absolute Gasteiger partial charge is 0.462 e. The molecule has 0 heterocycles. The Kier molecular flexibility index (Phi) is 59.4. The van der Waals surface area contributed by atoms with Crippen molar-refractivity contribution in [1.82, 2.24) is 0 Å². The summed E-state index contributed by atoms with van der Waals surface area (Å²) < 4.78 is 34.6. The second kappa shape index (κ2) is 60.3. The van der Waals surface area contributed by atoms with E-state index in [1.165, 1.54) is 295 Å². The second-order valence-corrected chi connectivity index (χ2v) is 26.4. The molecule has 464 valence electrons. The number of carbonyl (C=O) groups excluding carboxylic acids is 2. The number of carbonyl (C=O) groups is 2. The molecule has 0 rings (SSSR count). The van der Waals surface area contributed by atoms with Crippen LogP contribution in [0.5, 0.6) is 0 Å². The number of unbranched alkanes of at least 4 members (excludes halogenated alkanes) is 49. The lowest BCUT2D eigenvalue weighted by Crippen LogP contribution is -2.37. The predicted molar refractivity (Wildman–Crippen MR) is 335 cm³/mol. The molecule has 0 spiro atoms. The number of phosphoric acid groups is 1. The van der Waals surface area contributed by atoms with Crippen LogP contribution >= 0.6 is 7.82 Å². The van der Waals surface area contributed by atoms with Crippen molar-refractivity contribution >= 4 is 19.8 Å². The van der Waals surface area contributed by atoms with E-state index in [4.69, 9.17) is 18.5 Å². The third kappa shape index (κ3) is 63.9. The van der Waals surface area contributed by atoms with Gasteiger partial charge >= 0.3 is 19.8 Å². The van der Waals surface area contributed by atoms with Gasteiger partial charge in [0.25, 0.3) is 0 Å². The number of hydrogen-bond acceptors (Lipinski definition) is 7. The molecule has 0 fully saturated rings. The lowest BCUT2D eigenvalue weighted by Gasteiger charge is -2.24. The number of nitrogens with zero attached hydrogens (tertiary/aromatic N) is 1. The zero-order chi connectivity index (χ0) is 57.0. The first kappa shape index (κ1) is 76.8. The van der Waals surface area contributed by atoms with E-state index in [1.54, 1.807) is 0 Å². The molecule has 0 aliphatic carbocycles. The molecule has 10 heteroatoms. The van der Waals surface area contributed by atoms with Crippen LogP contribution in [0.2, 0.25) is 0 Å². The van der Waals surface area contributed by atoms with Crippen molar-refractivity contribution in [2.24, 2.45) is 0 Å². The minimum atomic E-state index is -4.38. The SMILES string of the molecule is CCCCCCCCCC/C=C\CCCCCCCCCCCCCCCCCCCCCCCCCCCCCC(=O)OC(COC(=O)CCCCCCCCCCCCCCCCC)COP(=O)(O)OCC[N+](C)(C)C. The normalized spacial score (nSPS) is 13.2. The van der Waals surface area contributed by atoms with Crippen molar-refractivity contribution in [1.29, 1.82) is 0 Å². The Morgan fingerprint density at radius 2 is 0.654 bits per heavy atom. The van der Waals surface area contributed by atoms with Crippen molar-refractivity contribution in [2.45, 2.75) is 367 Å². The Balaban J connectivity index is 3.85. The molecule has 0 aliphatic rings. The number of rotatable bonds is 65. The number of allylic oxidation sites excluding steroid dienone is 2. The van der Waals surface area contributed by atoms with Crippen LogP contribution in [0, 0.1) is 0 Å². The minimum absolute atomic E-state index is 0.0368. The fourth-order valence-corrected chi connectivity index (χ4v) is 11.2. The molecule has 0 aromatic rings. The van der Waals surface area contributed by atoms with Crippen molar-refractivity contribution in [3.8, 4) is 0 Å². The first-order chi connectivity index (χ1) is 38.0. The van der Waals surface area contributed by atoms with Gasteiger partial charge in [-0.1, -0.05) is 321 Å². The molecular weight excluding hydrogens is 990 g/mol. The summed E-state index contributed by atoms with van der Waals surface area (Å²) in [6.07, 6.45) is 73.4. The molecule has 0 saturated carbocycles. The van der Waals surface area contributed by atoms with Crippen LogP contribution < -0.4 is 0 Å². The Bertz CT molecular complexity index is 1320. The van der Waals surface area contributed by atoms with E-state index in [-0.39, 0.29) is 25.6 Å². The Hall–Kier alpha value is -1.25. The van der Waals surface area contributed by atoms with Gasteiger partial charge in [-0.3, -0.25) is 18.6 Å². The van der Waals surface area contributed by atoms with Crippen molar-refractivity contribution in [3.05, 3.63) is 12.2 Å². The van der Waals surface area contributed by atoms with E-state index in [9.17, 15) is 19.0 Å². The minimum Gasteiger partial charge on any atom is -0.462 e. The van der Waals surface area contributed by atoms with Crippen molar-refractivity contribution < 1.29 is 42.1 Å². The summed E-state index contributed by atoms with van der Waals surface area (Å²) in [5.41, 5.74) is 0. The maximum Gasteiger partial charge on any atom is 0.472 e. The van der Waals surface area contributed by atoms with Crippen LogP contribution in [0.1, 0.15) is 361 Å². The molecule has 0 bridgehead atoms. The number of hydrogen-bond donors (Lipinski definition) is 1. The molecule has 78 heavy (non-hydrogen) atoms. The monoisotopic (exact) mass is 1120 g/mol. The first-order valence-electron chi connectivity index (χ1n) is 34.4. The molecular formula is C68H135NO8P+. The number of esters is 2. The largest absolute Gasteiger partial charge is 0.472 e. The summed E-state index contributed by atoms with van der Waals surface area (Å²) in [6.45, 7) is 4.50. The topological polar surface area (TPSA) is 108 Å². The molecule has 2 unspecified atom stereocenters. The van der Waals surface area contributed by atoms with Gasteiger partial charge in [0.1, 0.15) is 19.8 Å². The standard InChI is InChI=1S/C68H134NO8P/c1-6-8-10-12-14-16-18-20-22-23-24-25-26-27-28-29-30-31-32-33-34-35-36-37-38-39-40-41-42-43-44-45-47-49-51-53-55-57-59-61-68(71)77-66(65-76-78(72,73)75-63-62-69(3,4)5)64-74-67(70)60-58-56-54-52-50-48-46-21-19-17-15-13-11-9-7-2/h23-24,66H,6-22,25-65H2,1-5H3/p+1/b24-23-. The fourth-order valence-electron chi connectivity index (χ4n) is 10.5. The zero-order valence-corrected chi connectivity index (χ0v) is 53.8. The fraction of sp³-hybridized carbons (Fsp3) is 0.941. The van der Waals surface area contributed by atoms with Gasteiger partial charge in [0.15, 0.2) is 6.10 Å². The first-order valence-corrected chi connectivity index (χ1v) is 35.9. The molecule has 9 nitrogen and oxygen atoms in total. The van der Waals surface area contributed by atoms with E-state index < -0.39 is 26.5 Å². The van der Waals surface area contributed by atoms with Gasteiger partial charge in [-0.15, -0.1) is 0 Å². The highest BCUT2D eigenvalue weighted by molar-refractivity contribution is 7.47. The maximum atomic E-state index is 12.8. The van der Waals surface area contributed by atoms with E-state index >= 15 is 0 Å². The van der Waals surface area contributed by atoms with Crippen LogP contribution in [-0.2, 0) is 32.7 Å². The van der Waals surface area contributed by atoms with E-state index in [1.807, 2.05) is 21.1 Å². The number of ether oxygens (including phenoxy) is 2. The number of quaternary nitrogens is 1. The third-order valence-corrected chi connectivity index (χ3v) is 16.8. The number of likely N-dealkylation sites (N-methyl/N-ethyl adjacent to an activating group) is 1. The van der Waals surface area contributed by atoms with Crippen LogP contribution in [0.4, 0.5) is 0 Å². The molecule has 0 amide bonds. The van der Waals surface area contributed by atoms with Crippen LogP contribution in [0.25, 0.3) is 0 Å². The second-order valence-electron chi connectivity index (χ2n) is 24.9. The lowest BCUT2D eigenvalue weighted by atomic mass is 10.0. The highest BCUT2D eigenvalue weighted by Gasteiger charge is 2.27. The van der Waals surface area contributed by atoms with Gasteiger partial charge in [0, 0.05) is 12.8 Å². The quantitative estimate of drug-likeness (QED) is 0.0211. The lowest BCUT2D eigenvalue weighted by molar-refractivity contribution is -0.870. The summed E-state index contributed by atoms with van der Waals surface area (Å²) >= 11 is 0. The summed E-state index contributed by atoms with van der Waals surface area (Å²) in [6, 6.07) is 0. The number of phosphoric ester groups is 1. The van der Waals surface area contributed by atoms with Crippen LogP contribution in [-0.4, -0.2) is 74.9 Å². The summed E-state index contributed by atoms with van der Waals surface area (Å²) in [5, 5.41) is 0. The predicted octanol–water partition coefficient (Wildman–Crippen LogP) is 21.9. The van der Waals surface area contributed by atoms with Crippen molar-refractivity contribution in [2.75, 3.05) is 47.5 Å². The molecule has 0 radical (unpaired) electrons. The van der Waals surface area contributed by atoms with Crippen molar-refractivity contribution in [3.63, 3.8) is 0 Å². The average Bonchev–Trinajstić information content (AvgIpc) is 3.41. The highest BCUT2D eigenvalue weighted by atomic mass is 31.2. The Labute approximate surface area is 486 Å². The Morgan fingerprint density at radius 3 is 0.949 bits per heavy atom. The van der Waals surface area contributed by atoms with Crippen LogP contribution in [0.3, 0.4) is 0 Å². The van der Waals surface area contributed by atoms with Gasteiger partial charge in [-0.25, -0.2) is 4.57 Å². The molecule has 2 atom stereocenters. The zero-order valence-electron chi connectivity index (χ0n) is 52.9. The van der Waals surface area contributed by atoms with Gasteiger partial charge in [0.2, 0.25) is 0 Å². The summed E-state index contributed by atoms with van der Waals surface area (Å²) in [7, 11) is 1.50. The third-order valence-electron chi connectivity index (χ3n) is 15.8. The molecule has 0 aromatic carbocycles. The molecule has 0 saturated heterocycles. The molecule has 1 N–H and O–H groups in total. The van der Waals surface area contributed by atoms with E-state index in [0.717, 1.165) is 38.5 Å². The van der Waals surface area contributed by atoms with E-state index in [2.05, 4.69) is 26.0 Å².